The van der Waals surface area contributed by atoms with Crippen molar-refractivity contribution in [3.05, 3.63) is 59.4 Å². The van der Waals surface area contributed by atoms with E-state index in [0.29, 0.717) is 72.5 Å². The molecule has 4 aromatic rings. The van der Waals surface area contributed by atoms with Crippen molar-refractivity contribution in [3.8, 4) is 29.0 Å². The summed E-state index contributed by atoms with van der Waals surface area (Å²) < 4.78 is 36.3. The number of hydrogen-bond acceptors (Lipinski definition) is 12. The van der Waals surface area contributed by atoms with Crippen LogP contribution in [0.2, 0.25) is 0 Å². The Hall–Kier alpha value is -4.98. The summed E-state index contributed by atoms with van der Waals surface area (Å²) in [4.78, 5) is 24.4. The first-order valence-electron chi connectivity index (χ1n) is 18.0. The molecular weight excluding hydrogens is 680 g/mol. The predicted octanol–water partition coefficient (Wildman–Crippen LogP) is 6.41. The molecule has 0 saturated heterocycles. The molecule has 0 radical (unpaired) electrons. The molecule has 2 aromatic carbocycles. The van der Waals surface area contributed by atoms with Gasteiger partial charge in [0, 0.05) is 47.3 Å². The van der Waals surface area contributed by atoms with Crippen LogP contribution in [-0.4, -0.2) is 76.5 Å². The number of nitrogens with zero attached hydrogens (tertiary/aromatic N) is 5. The molecule has 3 fully saturated rings. The highest BCUT2D eigenvalue weighted by atomic mass is 16.6. The lowest BCUT2D eigenvalue weighted by molar-refractivity contribution is -0.296. The third kappa shape index (κ3) is 7.73. The number of carbonyl (C=O) groups excluding carboxylic acids is 1. The van der Waals surface area contributed by atoms with Crippen molar-refractivity contribution < 1.29 is 38.3 Å². The molecule has 2 heterocycles. The molecule has 14 heteroatoms. The Kier molecular flexibility index (Phi) is 10.5. The lowest BCUT2D eigenvalue weighted by Crippen LogP contribution is -2.71. The highest BCUT2D eigenvalue weighted by Gasteiger charge is 2.74. The maximum atomic E-state index is 12.6. The van der Waals surface area contributed by atoms with Crippen molar-refractivity contribution in [2.24, 2.45) is 5.41 Å². The van der Waals surface area contributed by atoms with Crippen molar-refractivity contribution in [2.75, 3.05) is 33.3 Å². The normalized spacial score (nSPS) is 20.0. The number of aliphatic hydroxyl groups excluding tert-OH is 1. The minimum absolute atomic E-state index is 0.157. The minimum atomic E-state index is -0.922. The van der Waals surface area contributed by atoms with E-state index in [1.807, 2.05) is 64.1 Å². The second-order valence-corrected chi connectivity index (χ2v) is 15.3. The number of amides is 1. The van der Waals surface area contributed by atoms with Gasteiger partial charge in [-0.05, 0) is 77.6 Å². The van der Waals surface area contributed by atoms with Crippen LogP contribution in [0.3, 0.4) is 0 Å². The summed E-state index contributed by atoms with van der Waals surface area (Å²) in [7, 11) is 6.48. The maximum absolute atomic E-state index is 12.6. The van der Waals surface area contributed by atoms with Gasteiger partial charge in [-0.2, -0.15) is 4.98 Å². The molecule has 2 bridgehead atoms. The Bertz CT molecular complexity index is 1860. The first-order chi connectivity index (χ1) is 25.2. The summed E-state index contributed by atoms with van der Waals surface area (Å²) in [5, 5.41) is 19.6. The molecule has 53 heavy (non-hydrogen) atoms. The van der Waals surface area contributed by atoms with Crippen LogP contribution < -0.4 is 33.9 Å². The lowest BCUT2D eigenvalue weighted by Gasteiger charge is -2.70. The number of alkyl carbamates (subject to hydrolysis) is 1. The zero-order valence-corrected chi connectivity index (χ0v) is 32.2. The molecule has 1 unspecified atom stereocenters. The smallest absolute Gasteiger partial charge is 0.408 e. The van der Waals surface area contributed by atoms with Crippen LogP contribution in [0.15, 0.2) is 42.6 Å². The second kappa shape index (κ2) is 14.8. The topological polar surface area (TPSA) is 151 Å². The molecule has 2 atom stereocenters. The molecule has 0 spiro atoms. The molecule has 2 aromatic heterocycles. The Morgan fingerprint density at radius 2 is 1.55 bits per heavy atom. The highest BCUT2D eigenvalue weighted by Crippen LogP contribution is 2.73. The quantitative estimate of drug-likeness (QED) is 0.131. The summed E-state index contributed by atoms with van der Waals surface area (Å²) >= 11 is 0. The number of carbonyl (C=O) groups is 1. The number of nitrogens with one attached hydrogen (secondary N) is 1. The highest BCUT2D eigenvalue weighted by molar-refractivity contribution is 5.69. The van der Waals surface area contributed by atoms with Gasteiger partial charge in [0.15, 0.2) is 11.5 Å². The molecule has 3 saturated carbocycles. The Balaban J connectivity index is 1.40. The monoisotopic (exact) mass is 732 g/mol. The summed E-state index contributed by atoms with van der Waals surface area (Å²) in [5.74, 6) is 3.11. The molecule has 3 aliphatic rings. The molecule has 2 N–H and O–H groups in total. The van der Waals surface area contributed by atoms with E-state index in [9.17, 15) is 9.90 Å². The molecule has 1 amide bonds. The van der Waals surface area contributed by atoms with Crippen molar-refractivity contribution in [3.63, 3.8) is 0 Å². The molecule has 0 aliphatic heterocycles. The van der Waals surface area contributed by atoms with Gasteiger partial charge in [0.25, 0.3) is 0 Å². The van der Waals surface area contributed by atoms with E-state index in [0.717, 1.165) is 24.0 Å². The fraction of sp³-hybridized carbons (Fsp3) is 0.538. The average molecular weight is 733 g/mol. The summed E-state index contributed by atoms with van der Waals surface area (Å²) in [6.45, 7) is 10.5. The third-order valence-corrected chi connectivity index (χ3v) is 10.0. The molecular formula is C39H52N6O8. The summed E-state index contributed by atoms with van der Waals surface area (Å²) in [5.41, 5.74) is 1.25. The lowest BCUT2D eigenvalue weighted by atomic mass is 9.39. The van der Waals surface area contributed by atoms with Gasteiger partial charge in [-0.1, -0.05) is 13.3 Å². The Morgan fingerprint density at radius 1 is 0.962 bits per heavy atom. The fourth-order valence-corrected chi connectivity index (χ4v) is 7.55. The van der Waals surface area contributed by atoms with E-state index in [2.05, 4.69) is 17.1 Å². The van der Waals surface area contributed by atoms with Gasteiger partial charge in [-0.15, -0.1) is 5.10 Å². The number of methoxy groups -OCH3 is 4. The van der Waals surface area contributed by atoms with Crippen LogP contribution in [-0.2, 0) is 17.8 Å². The average Bonchev–Trinajstić information content (AvgIpc) is 3.51. The number of ether oxygens (including phenoxy) is 6. The van der Waals surface area contributed by atoms with Crippen LogP contribution in [0.4, 0.5) is 10.6 Å². The summed E-state index contributed by atoms with van der Waals surface area (Å²) in [6, 6.07) is 11.5. The van der Waals surface area contributed by atoms with E-state index in [1.54, 1.807) is 39.2 Å². The number of aliphatic hydroxyl groups is 1. The van der Waals surface area contributed by atoms with Crippen molar-refractivity contribution in [2.45, 2.75) is 103 Å². The fourth-order valence-electron chi connectivity index (χ4n) is 7.55. The second-order valence-electron chi connectivity index (χ2n) is 15.3. The zero-order valence-electron chi connectivity index (χ0n) is 32.2. The number of hydrogen-bond donors (Lipinski definition) is 2. The Labute approximate surface area is 310 Å². The first-order valence-corrected chi connectivity index (χ1v) is 18.0. The van der Waals surface area contributed by atoms with Crippen molar-refractivity contribution in [1.82, 2.24) is 24.9 Å². The van der Waals surface area contributed by atoms with Crippen molar-refractivity contribution in [1.29, 1.82) is 0 Å². The minimum Gasteiger partial charge on any atom is -0.497 e. The molecule has 14 nitrogen and oxygen atoms in total. The third-order valence-electron chi connectivity index (χ3n) is 10.0. The van der Waals surface area contributed by atoms with E-state index in [4.69, 9.17) is 43.5 Å². The molecule has 7 rings (SSSR count). The van der Waals surface area contributed by atoms with Gasteiger partial charge < -0.3 is 43.7 Å². The SMILES string of the molecule is CCC[C@H](C)Oc1nc(N(Cc2ccc(OC)cc2OC)Cc2ccc(OC)cc2OC)c2ncc(C(O)C34CC(OC(=O)NC(C)(C)C)(C3)C4)n2n1. The number of aromatic nitrogens is 4. The molecule has 3 aliphatic carbocycles. The maximum Gasteiger partial charge on any atom is 0.408 e. The number of rotatable bonds is 16. The zero-order chi connectivity index (χ0) is 38.1. The van der Waals surface area contributed by atoms with Crippen molar-refractivity contribution >= 4 is 17.6 Å². The van der Waals surface area contributed by atoms with Crippen LogP contribution >= 0.6 is 0 Å². The van der Waals surface area contributed by atoms with Gasteiger partial charge in [-0.25, -0.2) is 14.3 Å². The standard InChI is InChI=1S/C39H52N6O8/c1-10-11-24(2)52-35-41-34(33-40-18-29(45(33)43-35)32(46)38-21-39(22-38,23-38)53-36(47)42-37(3,4)5)44(19-25-12-14-27(48-6)16-30(25)50-8)20-26-13-15-28(49-7)17-31(26)51-9/h12-18,24,32,46H,10-11,19-23H2,1-9H3,(H,42,47)/t24-,32?,38?,39?/m0/s1. The van der Waals surface area contributed by atoms with E-state index < -0.39 is 28.8 Å². The number of imidazole rings is 1. The number of anilines is 1. The van der Waals surface area contributed by atoms with Crippen LogP contribution in [0.25, 0.3) is 5.65 Å². The Morgan fingerprint density at radius 3 is 2.06 bits per heavy atom. The van der Waals surface area contributed by atoms with Crippen LogP contribution in [0.5, 0.6) is 29.0 Å². The first kappa shape index (κ1) is 37.8. The van der Waals surface area contributed by atoms with Crippen LogP contribution in [0.1, 0.15) is 89.6 Å². The van der Waals surface area contributed by atoms with Gasteiger partial charge >= 0.3 is 12.1 Å². The van der Waals surface area contributed by atoms with Gasteiger partial charge in [0.1, 0.15) is 34.7 Å². The van der Waals surface area contributed by atoms with E-state index in [-0.39, 0.29) is 12.1 Å². The van der Waals surface area contributed by atoms with Crippen LogP contribution in [0, 0.1) is 5.41 Å². The van der Waals surface area contributed by atoms with E-state index >= 15 is 0 Å². The van der Waals surface area contributed by atoms with E-state index in [1.165, 1.54) is 0 Å². The largest absolute Gasteiger partial charge is 0.497 e. The van der Waals surface area contributed by atoms with Gasteiger partial charge in [-0.3, -0.25) is 0 Å². The van der Waals surface area contributed by atoms with Gasteiger partial charge in [0.2, 0.25) is 0 Å². The summed E-state index contributed by atoms with van der Waals surface area (Å²) in [6.07, 6.45) is 3.48. The number of benzene rings is 2. The van der Waals surface area contributed by atoms with Gasteiger partial charge in [0.05, 0.1) is 46.4 Å². The predicted molar refractivity (Wildman–Crippen MR) is 198 cm³/mol. The molecule has 286 valence electrons. The number of fused-ring (bicyclic) bond motifs is 1.